The standard InChI is InChI=1S/C18H19N3O3/c1-12-5-3-4-6-16(12)21-18(24)11-17(23)20-15-9-7-14(8-10-15)19-13(2)22/h3-10H,11H2,1-2H3,(H,19,22)(H,20,23)(H,21,24). The van der Waals surface area contributed by atoms with Gasteiger partial charge in [0.25, 0.3) is 0 Å². The van der Waals surface area contributed by atoms with Gasteiger partial charge in [0.1, 0.15) is 6.42 Å². The zero-order valence-corrected chi connectivity index (χ0v) is 13.6. The van der Waals surface area contributed by atoms with Gasteiger partial charge >= 0.3 is 0 Å². The molecule has 0 heterocycles. The van der Waals surface area contributed by atoms with Crippen LogP contribution in [-0.4, -0.2) is 17.7 Å². The van der Waals surface area contributed by atoms with E-state index in [4.69, 9.17) is 0 Å². The highest BCUT2D eigenvalue weighted by Gasteiger charge is 2.11. The second-order valence-corrected chi connectivity index (χ2v) is 5.35. The summed E-state index contributed by atoms with van der Waals surface area (Å²) in [6.07, 6.45) is -0.276. The van der Waals surface area contributed by atoms with Crippen LogP contribution in [-0.2, 0) is 14.4 Å². The Kier molecular flexibility index (Phi) is 5.68. The molecule has 0 atom stereocenters. The first-order valence-corrected chi connectivity index (χ1v) is 7.47. The third-order valence-corrected chi connectivity index (χ3v) is 3.23. The summed E-state index contributed by atoms with van der Waals surface area (Å²) >= 11 is 0. The maximum atomic E-state index is 11.9. The van der Waals surface area contributed by atoms with Crippen molar-refractivity contribution < 1.29 is 14.4 Å². The van der Waals surface area contributed by atoms with Gasteiger partial charge in [0, 0.05) is 24.0 Å². The minimum Gasteiger partial charge on any atom is -0.326 e. The molecule has 124 valence electrons. The van der Waals surface area contributed by atoms with Crippen molar-refractivity contribution in [2.24, 2.45) is 0 Å². The van der Waals surface area contributed by atoms with Crippen LogP contribution in [0.3, 0.4) is 0 Å². The molecule has 0 aliphatic heterocycles. The van der Waals surface area contributed by atoms with E-state index in [1.807, 2.05) is 25.1 Å². The maximum Gasteiger partial charge on any atom is 0.233 e. The van der Waals surface area contributed by atoms with Crippen LogP contribution < -0.4 is 16.0 Å². The lowest BCUT2D eigenvalue weighted by atomic mass is 10.2. The van der Waals surface area contributed by atoms with Gasteiger partial charge in [-0.25, -0.2) is 0 Å². The fourth-order valence-corrected chi connectivity index (χ4v) is 2.10. The second kappa shape index (κ2) is 7.92. The molecule has 0 aliphatic rings. The van der Waals surface area contributed by atoms with Crippen LogP contribution in [0.25, 0.3) is 0 Å². The fraction of sp³-hybridized carbons (Fsp3) is 0.167. The van der Waals surface area contributed by atoms with Crippen LogP contribution in [0.2, 0.25) is 0 Å². The number of hydrogen-bond acceptors (Lipinski definition) is 3. The van der Waals surface area contributed by atoms with Gasteiger partial charge in [-0.15, -0.1) is 0 Å². The van der Waals surface area contributed by atoms with Gasteiger partial charge in [-0.2, -0.15) is 0 Å². The summed E-state index contributed by atoms with van der Waals surface area (Å²) in [5, 5.41) is 7.99. The first-order chi connectivity index (χ1) is 11.4. The van der Waals surface area contributed by atoms with Crippen molar-refractivity contribution in [3.05, 3.63) is 54.1 Å². The molecule has 0 aromatic heterocycles. The molecule has 2 rings (SSSR count). The molecule has 2 aromatic carbocycles. The lowest BCUT2D eigenvalue weighted by Gasteiger charge is -2.09. The zero-order chi connectivity index (χ0) is 17.5. The normalized spacial score (nSPS) is 9.92. The highest BCUT2D eigenvalue weighted by atomic mass is 16.2. The van der Waals surface area contributed by atoms with Gasteiger partial charge < -0.3 is 16.0 Å². The molecule has 0 radical (unpaired) electrons. The Balaban J connectivity index is 1.87. The van der Waals surface area contributed by atoms with Gasteiger partial charge in [-0.3, -0.25) is 14.4 Å². The van der Waals surface area contributed by atoms with E-state index in [1.54, 1.807) is 30.3 Å². The summed E-state index contributed by atoms with van der Waals surface area (Å²) in [4.78, 5) is 34.8. The summed E-state index contributed by atoms with van der Waals surface area (Å²) in [5.41, 5.74) is 2.81. The molecule has 6 nitrogen and oxygen atoms in total. The molecule has 3 N–H and O–H groups in total. The lowest BCUT2D eigenvalue weighted by Crippen LogP contribution is -2.21. The van der Waals surface area contributed by atoms with Crippen molar-refractivity contribution >= 4 is 34.8 Å². The molecule has 0 saturated heterocycles. The lowest BCUT2D eigenvalue weighted by molar-refractivity contribution is -0.123. The predicted molar refractivity (Wildman–Crippen MR) is 93.8 cm³/mol. The third kappa shape index (κ3) is 5.24. The van der Waals surface area contributed by atoms with E-state index >= 15 is 0 Å². The van der Waals surface area contributed by atoms with E-state index in [0.717, 1.165) is 5.56 Å². The summed E-state index contributed by atoms with van der Waals surface area (Å²) in [5.74, 6) is -0.954. The highest BCUT2D eigenvalue weighted by Crippen LogP contribution is 2.15. The molecule has 0 bridgehead atoms. The van der Waals surface area contributed by atoms with Crippen LogP contribution in [0.15, 0.2) is 48.5 Å². The summed E-state index contributed by atoms with van der Waals surface area (Å²) in [6, 6.07) is 14.0. The predicted octanol–water partition coefficient (Wildman–Crippen LogP) is 2.92. The van der Waals surface area contributed by atoms with Gasteiger partial charge in [0.05, 0.1) is 0 Å². The second-order valence-electron chi connectivity index (χ2n) is 5.35. The molecule has 0 saturated carbocycles. The quantitative estimate of drug-likeness (QED) is 0.739. The van der Waals surface area contributed by atoms with Crippen molar-refractivity contribution in [1.29, 1.82) is 0 Å². The molecule has 3 amide bonds. The smallest absolute Gasteiger partial charge is 0.233 e. The number of benzene rings is 2. The zero-order valence-electron chi connectivity index (χ0n) is 13.6. The number of anilines is 3. The van der Waals surface area contributed by atoms with Crippen molar-refractivity contribution in [3.63, 3.8) is 0 Å². The average Bonchev–Trinajstić information content (AvgIpc) is 2.51. The Morgan fingerprint density at radius 2 is 1.33 bits per heavy atom. The van der Waals surface area contributed by atoms with E-state index in [9.17, 15) is 14.4 Å². The van der Waals surface area contributed by atoms with E-state index < -0.39 is 5.91 Å². The largest absolute Gasteiger partial charge is 0.326 e. The Morgan fingerprint density at radius 3 is 1.92 bits per heavy atom. The fourth-order valence-electron chi connectivity index (χ4n) is 2.10. The third-order valence-electron chi connectivity index (χ3n) is 3.23. The SMILES string of the molecule is CC(=O)Nc1ccc(NC(=O)CC(=O)Nc2ccccc2C)cc1. The first kappa shape index (κ1) is 17.2. The number of amides is 3. The van der Waals surface area contributed by atoms with Gasteiger partial charge in [-0.1, -0.05) is 18.2 Å². The minimum atomic E-state index is -0.409. The number of para-hydroxylation sites is 1. The molecule has 0 aliphatic carbocycles. The van der Waals surface area contributed by atoms with Crippen molar-refractivity contribution in [2.75, 3.05) is 16.0 Å². The number of hydrogen-bond donors (Lipinski definition) is 3. The van der Waals surface area contributed by atoms with Gasteiger partial charge in [-0.05, 0) is 42.8 Å². The van der Waals surface area contributed by atoms with E-state index in [1.165, 1.54) is 6.92 Å². The molecule has 0 spiro atoms. The minimum absolute atomic E-state index is 0.167. The number of carbonyl (C=O) groups excluding carboxylic acids is 3. The molecular weight excluding hydrogens is 306 g/mol. The Hall–Kier alpha value is -3.15. The van der Waals surface area contributed by atoms with Crippen molar-refractivity contribution in [1.82, 2.24) is 0 Å². The molecule has 2 aromatic rings. The van der Waals surface area contributed by atoms with E-state index in [-0.39, 0.29) is 18.2 Å². The van der Waals surface area contributed by atoms with Gasteiger partial charge in [0.15, 0.2) is 0 Å². The molecular formula is C18H19N3O3. The molecule has 6 heteroatoms. The molecule has 0 fully saturated rings. The van der Waals surface area contributed by atoms with Crippen LogP contribution >= 0.6 is 0 Å². The highest BCUT2D eigenvalue weighted by molar-refractivity contribution is 6.08. The van der Waals surface area contributed by atoms with Crippen LogP contribution in [0, 0.1) is 6.92 Å². The number of nitrogens with one attached hydrogen (secondary N) is 3. The molecule has 0 unspecified atom stereocenters. The van der Waals surface area contributed by atoms with E-state index in [0.29, 0.717) is 17.1 Å². The molecule has 24 heavy (non-hydrogen) atoms. The summed E-state index contributed by atoms with van der Waals surface area (Å²) in [6.45, 7) is 3.30. The number of carbonyl (C=O) groups is 3. The van der Waals surface area contributed by atoms with Crippen LogP contribution in [0.5, 0.6) is 0 Å². The number of aryl methyl sites for hydroxylation is 1. The topological polar surface area (TPSA) is 87.3 Å². The average molecular weight is 325 g/mol. The Bertz CT molecular complexity index is 754. The first-order valence-electron chi connectivity index (χ1n) is 7.47. The Labute approximate surface area is 140 Å². The van der Waals surface area contributed by atoms with Crippen LogP contribution in [0.1, 0.15) is 18.9 Å². The monoisotopic (exact) mass is 325 g/mol. The van der Waals surface area contributed by atoms with Crippen molar-refractivity contribution in [2.45, 2.75) is 20.3 Å². The van der Waals surface area contributed by atoms with Gasteiger partial charge in [0.2, 0.25) is 17.7 Å². The number of rotatable bonds is 5. The maximum absolute atomic E-state index is 11.9. The Morgan fingerprint density at radius 1 is 0.792 bits per heavy atom. The summed E-state index contributed by atoms with van der Waals surface area (Å²) in [7, 11) is 0. The van der Waals surface area contributed by atoms with E-state index in [2.05, 4.69) is 16.0 Å². The van der Waals surface area contributed by atoms with Crippen molar-refractivity contribution in [3.8, 4) is 0 Å². The van der Waals surface area contributed by atoms with Crippen LogP contribution in [0.4, 0.5) is 17.1 Å². The summed E-state index contributed by atoms with van der Waals surface area (Å²) < 4.78 is 0.